The topological polar surface area (TPSA) is 75.7 Å². The number of likely N-dealkylation sites (N-methyl/N-ethyl adjacent to an activating group) is 1. The first-order valence-corrected chi connectivity index (χ1v) is 14.2. The van der Waals surface area contributed by atoms with E-state index in [1.54, 1.807) is 67.6 Å². The van der Waals surface area contributed by atoms with Crippen molar-refractivity contribution in [1.29, 1.82) is 0 Å². The molecule has 4 aromatic rings. The molecule has 214 valence electrons. The molecule has 0 saturated heterocycles. The third-order valence-corrected chi connectivity index (χ3v) is 8.37. The third kappa shape index (κ3) is 7.53. The molecule has 0 aliphatic rings. The number of amides is 1. The van der Waals surface area contributed by atoms with Crippen LogP contribution in [-0.2, 0) is 29.2 Å². The van der Waals surface area contributed by atoms with E-state index in [4.69, 9.17) is 4.74 Å². The first-order valence-electron chi connectivity index (χ1n) is 12.8. The molecule has 4 rings (SSSR count). The molecule has 0 aromatic heterocycles. The Morgan fingerprint density at radius 3 is 2.12 bits per heavy atom. The summed E-state index contributed by atoms with van der Waals surface area (Å²) in [6.45, 7) is 2.06. The van der Waals surface area contributed by atoms with Gasteiger partial charge in [0.2, 0.25) is 10.0 Å². The van der Waals surface area contributed by atoms with Crippen LogP contribution < -0.4 is 10.1 Å². The minimum Gasteiger partial charge on any atom is -0.488 e. The Morgan fingerprint density at radius 1 is 0.854 bits per heavy atom. The maximum atomic E-state index is 13.1. The zero-order valence-electron chi connectivity index (χ0n) is 22.5. The number of para-hydroxylation sites is 1. The van der Waals surface area contributed by atoms with Gasteiger partial charge in [-0.1, -0.05) is 54.6 Å². The number of rotatable bonds is 10. The maximum absolute atomic E-state index is 13.1. The fourth-order valence-electron chi connectivity index (χ4n) is 4.10. The highest BCUT2D eigenvalue weighted by molar-refractivity contribution is 7.89. The van der Waals surface area contributed by atoms with Gasteiger partial charge in [0.25, 0.3) is 5.91 Å². The molecule has 0 radical (unpaired) electrons. The average Bonchev–Trinajstić information content (AvgIpc) is 2.96. The second kappa shape index (κ2) is 12.6. The van der Waals surface area contributed by atoms with Crippen molar-refractivity contribution in [1.82, 2.24) is 4.31 Å². The molecule has 0 aliphatic carbocycles. The lowest BCUT2D eigenvalue weighted by Crippen LogP contribution is -2.29. The SMILES string of the molecule is Cc1cccc(C(=O)Nc2ccc(CCN(C)S(=O)(=O)c3ccccc3)cc2)c1OCc1ccc(C(F)(F)F)cc1. The van der Waals surface area contributed by atoms with E-state index in [1.165, 1.54) is 23.5 Å². The van der Waals surface area contributed by atoms with E-state index in [2.05, 4.69) is 5.32 Å². The Labute approximate surface area is 237 Å². The van der Waals surface area contributed by atoms with Gasteiger partial charge >= 0.3 is 6.18 Å². The van der Waals surface area contributed by atoms with Crippen LogP contribution in [0.2, 0.25) is 0 Å². The lowest BCUT2D eigenvalue weighted by atomic mass is 10.1. The molecule has 0 bridgehead atoms. The number of ether oxygens (including phenoxy) is 1. The van der Waals surface area contributed by atoms with Crippen LogP contribution in [0.5, 0.6) is 5.75 Å². The van der Waals surface area contributed by atoms with Gasteiger partial charge < -0.3 is 10.1 Å². The molecule has 0 fully saturated rings. The summed E-state index contributed by atoms with van der Waals surface area (Å²) in [5.41, 5.74) is 2.22. The van der Waals surface area contributed by atoms with Gasteiger partial charge in [-0.15, -0.1) is 0 Å². The van der Waals surface area contributed by atoms with Crippen molar-refractivity contribution in [3.05, 3.63) is 125 Å². The van der Waals surface area contributed by atoms with Gasteiger partial charge in [0.15, 0.2) is 0 Å². The van der Waals surface area contributed by atoms with E-state index in [1.807, 2.05) is 12.1 Å². The minimum atomic E-state index is -4.42. The smallest absolute Gasteiger partial charge is 0.416 e. The summed E-state index contributed by atoms with van der Waals surface area (Å²) < 4.78 is 71.1. The maximum Gasteiger partial charge on any atom is 0.416 e. The predicted molar refractivity (Wildman–Crippen MR) is 151 cm³/mol. The molecule has 6 nitrogen and oxygen atoms in total. The molecule has 41 heavy (non-hydrogen) atoms. The molecule has 0 atom stereocenters. The Kier molecular flexibility index (Phi) is 9.14. The number of aryl methyl sites for hydroxylation is 1. The van der Waals surface area contributed by atoms with Gasteiger partial charge in [-0.3, -0.25) is 4.79 Å². The fourth-order valence-corrected chi connectivity index (χ4v) is 5.29. The number of anilines is 1. The monoisotopic (exact) mass is 582 g/mol. The number of carbonyl (C=O) groups excluding carboxylic acids is 1. The number of carbonyl (C=O) groups is 1. The molecule has 0 saturated carbocycles. The number of halogens is 3. The van der Waals surface area contributed by atoms with Crippen molar-refractivity contribution in [3.8, 4) is 5.75 Å². The normalized spacial score (nSPS) is 11.9. The first kappa shape index (κ1) is 29.8. The quantitative estimate of drug-likeness (QED) is 0.226. The summed E-state index contributed by atoms with van der Waals surface area (Å²) in [6.07, 6.45) is -3.94. The fraction of sp³-hybridized carbons (Fsp3) is 0.194. The van der Waals surface area contributed by atoms with Gasteiger partial charge in [0, 0.05) is 19.3 Å². The number of alkyl halides is 3. The second-order valence-corrected chi connectivity index (χ2v) is 11.5. The van der Waals surface area contributed by atoms with E-state index in [0.717, 1.165) is 17.7 Å². The number of nitrogens with one attached hydrogen (secondary N) is 1. The lowest BCUT2D eigenvalue weighted by Gasteiger charge is -2.17. The van der Waals surface area contributed by atoms with E-state index >= 15 is 0 Å². The van der Waals surface area contributed by atoms with E-state index < -0.39 is 27.7 Å². The van der Waals surface area contributed by atoms with Crippen molar-refractivity contribution in [2.75, 3.05) is 18.9 Å². The van der Waals surface area contributed by atoms with Crippen molar-refractivity contribution in [2.24, 2.45) is 0 Å². The molecular weight excluding hydrogens is 553 g/mol. The Bertz CT molecular complexity index is 1590. The largest absolute Gasteiger partial charge is 0.488 e. The van der Waals surface area contributed by atoms with Gasteiger partial charge in [-0.05, 0) is 72.5 Å². The summed E-state index contributed by atoms with van der Waals surface area (Å²) in [7, 11) is -2.04. The number of benzene rings is 4. The van der Waals surface area contributed by atoms with Crippen molar-refractivity contribution in [2.45, 2.75) is 31.0 Å². The predicted octanol–water partition coefficient (Wildman–Crippen LogP) is 6.71. The number of hydrogen-bond donors (Lipinski definition) is 1. The van der Waals surface area contributed by atoms with Crippen LogP contribution >= 0.6 is 0 Å². The highest BCUT2D eigenvalue weighted by Gasteiger charge is 2.30. The van der Waals surface area contributed by atoms with E-state index in [-0.39, 0.29) is 23.6 Å². The molecule has 0 heterocycles. The lowest BCUT2D eigenvalue weighted by molar-refractivity contribution is -0.137. The van der Waals surface area contributed by atoms with Gasteiger partial charge in [-0.2, -0.15) is 13.2 Å². The molecule has 4 aromatic carbocycles. The van der Waals surface area contributed by atoms with Crippen LogP contribution in [-0.4, -0.2) is 32.2 Å². The highest BCUT2D eigenvalue weighted by atomic mass is 32.2. The van der Waals surface area contributed by atoms with E-state index in [0.29, 0.717) is 29.0 Å². The number of hydrogen-bond acceptors (Lipinski definition) is 4. The Hall–Kier alpha value is -4.15. The van der Waals surface area contributed by atoms with Crippen LogP contribution in [0.3, 0.4) is 0 Å². The zero-order chi connectivity index (χ0) is 29.6. The van der Waals surface area contributed by atoms with Crippen molar-refractivity contribution >= 4 is 21.6 Å². The second-order valence-electron chi connectivity index (χ2n) is 9.48. The van der Waals surface area contributed by atoms with E-state index in [9.17, 15) is 26.4 Å². The molecule has 10 heteroatoms. The minimum absolute atomic E-state index is 0.00753. The van der Waals surface area contributed by atoms with Crippen LogP contribution in [0.25, 0.3) is 0 Å². The van der Waals surface area contributed by atoms with Gasteiger partial charge in [0.05, 0.1) is 16.0 Å². The first-order chi connectivity index (χ1) is 19.4. The summed E-state index contributed by atoms with van der Waals surface area (Å²) in [6, 6.07) is 25.1. The summed E-state index contributed by atoms with van der Waals surface area (Å²) >= 11 is 0. The van der Waals surface area contributed by atoms with Crippen molar-refractivity contribution in [3.63, 3.8) is 0 Å². The Morgan fingerprint density at radius 2 is 1.49 bits per heavy atom. The summed E-state index contributed by atoms with van der Waals surface area (Å²) in [4.78, 5) is 13.3. The van der Waals surface area contributed by atoms with Crippen LogP contribution in [0.4, 0.5) is 18.9 Å². The molecular formula is C31H29F3N2O4S. The summed E-state index contributed by atoms with van der Waals surface area (Å²) in [5, 5.41) is 2.84. The molecule has 1 N–H and O–H groups in total. The average molecular weight is 583 g/mol. The molecule has 0 aliphatic heterocycles. The Balaban J connectivity index is 1.37. The molecule has 0 spiro atoms. The van der Waals surface area contributed by atoms with Gasteiger partial charge in [-0.25, -0.2) is 12.7 Å². The number of nitrogens with zero attached hydrogens (tertiary/aromatic N) is 1. The molecule has 0 unspecified atom stereocenters. The van der Waals surface area contributed by atoms with Crippen LogP contribution in [0, 0.1) is 6.92 Å². The molecule has 1 amide bonds. The summed E-state index contributed by atoms with van der Waals surface area (Å²) in [5.74, 6) is -0.0678. The third-order valence-electron chi connectivity index (χ3n) is 6.50. The van der Waals surface area contributed by atoms with Crippen LogP contribution in [0.1, 0.15) is 32.6 Å². The zero-order valence-corrected chi connectivity index (χ0v) is 23.3. The highest BCUT2D eigenvalue weighted by Crippen LogP contribution is 2.30. The number of sulfonamides is 1. The van der Waals surface area contributed by atoms with Gasteiger partial charge in [0.1, 0.15) is 12.4 Å². The van der Waals surface area contributed by atoms with Crippen molar-refractivity contribution < 1.29 is 31.1 Å². The standard InChI is InChI=1S/C31H29F3N2O4S/c1-22-7-6-10-28(29(22)40-21-24-11-15-25(16-12-24)31(32,33)34)30(37)35-26-17-13-23(14-18-26)19-20-36(2)41(38,39)27-8-4-3-5-9-27/h3-18H,19-21H2,1-2H3,(H,35,37). The van der Waals surface area contributed by atoms with Crippen LogP contribution in [0.15, 0.2) is 102 Å².